The summed E-state index contributed by atoms with van der Waals surface area (Å²) < 4.78 is 20.8. The Kier molecular flexibility index (Phi) is 5.56. The van der Waals surface area contributed by atoms with Crippen LogP contribution >= 0.6 is 0 Å². The SMILES string of the molecule is CCCN(CCC=S(=O)=O)c1cccc(O)c1. The minimum Gasteiger partial charge on any atom is -0.508 e. The van der Waals surface area contributed by atoms with Gasteiger partial charge in [-0.15, -0.1) is 0 Å². The average molecular weight is 255 g/mol. The summed E-state index contributed by atoms with van der Waals surface area (Å²) in [5, 5.41) is 10.7. The molecule has 0 aromatic heterocycles. The quantitative estimate of drug-likeness (QED) is 0.786. The highest BCUT2D eigenvalue weighted by Gasteiger charge is 2.05. The number of aromatic hydroxyl groups is 1. The van der Waals surface area contributed by atoms with Crippen molar-refractivity contribution in [1.82, 2.24) is 0 Å². The molecule has 0 aliphatic rings. The number of benzene rings is 1. The van der Waals surface area contributed by atoms with E-state index < -0.39 is 10.3 Å². The molecular formula is C12H17NO3S. The third-order valence-electron chi connectivity index (χ3n) is 2.34. The van der Waals surface area contributed by atoms with Gasteiger partial charge in [-0.05, 0) is 25.0 Å². The number of nitrogens with zero attached hydrogens (tertiary/aromatic N) is 1. The lowest BCUT2D eigenvalue weighted by Gasteiger charge is -2.23. The van der Waals surface area contributed by atoms with Crippen molar-refractivity contribution in [2.24, 2.45) is 0 Å². The minimum atomic E-state index is -2.10. The van der Waals surface area contributed by atoms with Gasteiger partial charge in [-0.2, -0.15) is 8.42 Å². The molecule has 5 heteroatoms. The van der Waals surface area contributed by atoms with Crippen LogP contribution in [-0.2, 0) is 10.3 Å². The lowest BCUT2D eigenvalue weighted by atomic mass is 10.2. The minimum absolute atomic E-state index is 0.222. The molecule has 17 heavy (non-hydrogen) atoms. The van der Waals surface area contributed by atoms with Crippen molar-refractivity contribution in [2.75, 3.05) is 18.0 Å². The Morgan fingerprint density at radius 1 is 1.35 bits per heavy atom. The van der Waals surface area contributed by atoms with E-state index in [2.05, 4.69) is 11.8 Å². The predicted molar refractivity (Wildman–Crippen MR) is 70.2 cm³/mol. The third kappa shape index (κ3) is 4.91. The zero-order chi connectivity index (χ0) is 12.7. The number of hydrogen-bond donors (Lipinski definition) is 1. The second-order valence-corrected chi connectivity index (χ2v) is 4.58. The van der Waals surface area contributed by atoms with Crippen molar-refractivity contribution < 1.29 is 13.5 Å². The first kappa shape index (κ1) is 13.6. The summed E-state index contributed by atoms with van der Waals surface area (Å²) in [5.74, 6) is 0.222. The Bertz CT molecular complexity index is 474. The number of anilines is 1. The second-order valence-electron chi connectivity index (χ2n) is 3.72. The fraction of sp³-hybridized carbons (Fsp3) is 0.417. The van der Waals surface area contributed by atoms with Gasteiger partial charge in [0.15, 0.2) is 0 Å². The van der Waals surface area contributed by atoms with Gasteiger partial charge in [-0.25, -0.2) is 0 Å². The molecule has 0 spiro atoms. The molecule has 0 aliphatic carbocycles. The topological polar surface area (TPSA) is 57.6 Å². The van der Waals surface area contributed by atoms with E-state index in [-0.39, 0.29) is 5.75 Å². The summed E-state index contributed by atoms with van der Waals surface area (Å²) in [5.41, 5.74) is 0.914. The lowest BCUT2D eigenvalue weighted by molar-refractivity contribution is 0.475. The molecule has 0 bridgehead atoms. The molecule has 0 fully saturated rings. The maximum absolute atomic E-state index is 10.4. The van der Waals surface area contributed by atoms with E-state index in [0.29, 0.717) is 13.0 Å². The van der Waals surface area contributed by atoms with Gasteiger partial charge in [0, 0.05) is 30.2 Å². The van der Waals surface area contributed by atoms with E-state index in [4.69, 9.17) is 0 Å². The lowest BCUT2D eigenvalue weighted by Crippen LogP contribution is -2.25. The predicted octanol–water partition coefficient (Wildman–Crippen LogP) is 1.68. The summed E-state index contributed by atoms with van der Waals surface area (Å²) in [6, 6.07) is 6.99. The third-order valence-corrected chi connectivity index (χ3v) is 2.85. The smallest absolute Gasteiger partial charge is 0.210 e. The van der Waals surface area contributed by atoms with Crippen LogP contribution in [0.3, 0.4) is 0 Å². The van der Waals surface area contributed by atoms with Crippen LogP contribution in [0.15, 0.2) is 24.3 Å². The zero-order valence-corrected chi connectivity index (χ0v) is 10.7. The van der Waals surface area contributed by atoms with Crippen molar-refractivity contribution in [3.05, 3.63) is 24.3 Å². The zero-order valence-electron chi connectivity index (χ0n) is 9.83. The maximum atomic E-state index is 10.4. The van der Waals surface area contributed by atoms with Crippen molar-refractivity contribution in [2.45, 2.75) is 19.8 Å². The summed E-state index contributed by atoms with van der Waals surface area (Å²) in [4.78, 5) is 2.06. The summed E-state index contributed by atoms with van der Waals surface area (Å²) in [6.07, 6.45) is 1.45. The highest BCUT2D eigenvalue weighted by Crippen LogP contribution is 2.20. The van der Waals surface area contributed by atoms with E-state index in [0.717, 1.165) is 18.7 Å². The van der Waals surface area contributed by atoms with E-state index >= 15 is 0 Å². The Hall–Kier alpha value is -1.49. The highest BCUT2D eigenvalue weighted by atomic mass is 32.2. The van der Waals surface area contributed by atoms with Gasteiger partial charge in [-0.1, -0.05) is 13.0 Å². The van der Waals surface area contributed by atoms with Crippen LogP contribution in [0, 0.1) is 0 Å². The van der Waals surface area contributed by atoms with E-state index in [1.54, 1.807) is 18.2 Å². The van der Waals surface area contributed by atoms with Crippen molar-refractivity contribution in [3.63, 3.8) is 0 Å². The average Bonchev–Trinajstić information content (AvgIpc) is 2.27. The van der Waals surface area contributed by atoms with Crippen LogP contribution in [0.5, 0.6) is 5.75 Å². The molecule has 0 heterocycles. The standard InChI is InChI=1S/C12H17NO3S/c1-2-7-13(8-4-9-17(15)16)11-5-3-6-12(14)10-11/h3,5-6,9-10,14H,2,4,7-8H2,1H3. The monoisotopic (exact) mass is 255 g/mol. The molecule has 0 saturated heterocycles. The summed E-state index contributed by atoms with van der Waals surface area (Å²) >= 11 is 0. The van der Waals surface area contributed by atoms with Crippen LogP contribution in [0.4, 0.5) is 5.69 Å². The Morgan fingerprint density at radius 2 is 2.12 bits per heavy atom. The molecule has 0 amide bonds. The molecule has 94 valence electrons. The summed E-state index contributed by atoms with van der Waals surface area (Å²) in [7, 11) is -2.10. The molecule has 1 aromatic rings. The van der Waals surface area contributed by atoms with Crippen LogP contribution in [0.1, 0.15) is 19.8 Å². The molecule has 1 aromatic carbocycles. The molecule has 4 nitrogen and oxygen atoms in total. The van der Waals surface area contributed by atoms with Crippen molar-refractivity contribution >= 4 is 21.3 Å². The van der Waals surface area contributed by atoms with Gasteiger partial charge in [0.05, 0.1) is 0 Å². The van der Waals surface area contributed by atoms with Gasteiger partial charge in [0.25, 0.3) is 0 Å². The fourth-order valence-electron chi connectivity index (χ4n) is 1.63. The largest absolute Gasteiger partial charge is 0.508 e. The van der Waals surface area contributed by atoms with Crippen molar-refractivity contribution in [1.29, 1.82) is 0 Å². The van der Waals surface area contributed by atoms with Crippen LogP contribution in [-0.4, -0.2) is 32.0 Å². The molecule has 1 rings (SSSR count). The first-order valence-electron chi connectivity index (χ1n) is 5.59. The molecule has 0 aliphatic heterocycles. The van der Waals surface area contributed by atoms with Crippen LogP contribution in [0.2, 0.25) is 0 Å². The normalized spacial score (nSPS) is 9.94. The van der Waals surface area contributed by atoms with Crippen molar-refractivity contribution in [3.8, 4) is 5.75 Å². The van der Waals surface area contributed by atoms with Gasteiger partial charge in [0.2, 0.25) is 10.3 Å². The van der Waals surface area contributed by atoms with Crippen LogP contribution in [0.25, 0.3) is 0 Å². The van der Waals surface area contributed by atoms with Gasteiger partial charge in [0.1, 0.15) is 5.75 Å². The molecule has 0 radical (unpaired) electrons. The van der Waals surface area contributed by atoms with Gasteiger partial charge in [-0.3, -0.25) is 0 Å². The molecule has 0 saturated carbocycles. The van der Waals surface area contributed by atoms with E-state index in [9.17, 15) is 13.5 Å². The number of phenols is 1. The maximum Gasteiger partial charge on any atom is 0.210 e. The molecule has 0 unspecified atom stereocenters. The van der Waals surface area contributed by atoms with E-state index in [1.165, 1.54) is 5.37 Å². The molecule has 1 N–H and O–H groups in total. The first-order valence-corrected chi connectivity index (χ1v) is 6.72. The Balaban J connectivity index is 2.74. The Labute approximate surface area is 103 Å². The Morgan fingerprint density at radius 3 is 2.71 bits per heavy atom. The summed E-state index contributed by atoms with van der Waals surface area (Å²) in [6.45, 7) is 3.53. The van der Waals surface area contributed by atoms with Gasteiger partial charge >= 0.3 is 0 Å². The second kappa shape index (κ2) is 6.96. The number of hydrogen-bond acceptors (Lipinski definition) is 4. The first-order chi connectivity index (χ1) is 8.13. The molecule has 0 atom stereocenters. The van der Waals surface area contributed by atoms with Gasteiger partial charge < -0.3 is 10.0 Å². The number of rotatable bonds is 6. The number of phenolic OH excluding ortho intramolecular Hbond substituents is 1. The highest BCUT2D eigenvalue weighted by molar-refractivity contribution is 7.71. The molecular weight excluding hydrogens is 238 g/mol. The van der Waals surface area contributed by atoms with E-state index in [1.807, 2.05) is 6.07 Å². The van der Waals surface area contributed by atoms with Crippen LogP contribution < -0.4 is 4.90 Å². The fourth-order valence-corrected chi connectivity index (χ4v) is 1.93.